The van der Waals surface area contributed by atoms with E-state index in [1.54, 1.807) is 11.9 Å². The normalized spacial score (nSPS) is 17.9. The van der Waals surface area contributed by atoms with Crippen molar-refractivity contribution in [2.24, 2.45) is 5.92 Å². The van der Waals surface area contributed by atoms with E-state index in [2.05, 4.69) is 29.1 Å². The molecule has 2 fully saturated rings. The van der Waals surface area contributed by atoms with E-state index < -0.39 is 0 Å². The summed E-state index contributed by atoms with van der Waals surface area (Å²) in [5.41, 5.74) is 1.21. The first-order chi connectivity index (χ1) is 13.1. The summed E-state index contributed by atoms with van der Waals surface area (Å²) >= 11 is 1.66. The molecule has 1 saturated heterocycles. The number of carbonyl (C=O) groups excluding carboxylic acids is 2. The van der Waals surface area contributed by atoms with E-state index in [1.807, 2.05) is 12.1 Å². The molecule has 1 heterocycles. The highest BCUT2D eigenvalue weighted by atomic mass is 32.2. The molecule has 1 aliphatic heterocycles. The van der Waals surface area contributed by atoms with Gasteiger partial charge in [0.05, 0.1) is 6.61 Å². The first-order valence-electron chi connectivity index (χ1n) is 9.38. The van der Waals surface area contributed by atoms with Gasteiger partial charge in [-0.25, -0.2) is 4.79 Å². The van der Waals surface area contributed by atoms with Crippen molar-refractivity contribution in [2.45, 2.75) is 32.2 Å². The minimum absolute atomic E-state index is 0.0795. The van der Waals surface area contributed by atoms with Gasteiger partial charge < -0.3 is 9.47 Å². The van der Waals surface area contributed by atoms with Gasteiger partial charge in [0.25, 0.3) is 0 Å². The molecule has 1 saturated carbocycles. The van der Waals surface area contributed by atoms with Crippen molar-refractivity contribution in [2.75, 3.05) is 32.2 Å². The number of rotatable bonds is 12. The summed E-state index contributed by atoms with van der Waals surface area (Å²) in [6, 6.07) is 8.10. The second-order valence-electron chi connectivity index (χ2n) is 6.96. The van der Waals surface area contributed by atoms with E-state index in [0.717, 1.165) is 30.4 Å². The average molecular weight is 394 g/mol. The van der Waals surface area contributed by atoms with Crippen LogP contribution in [0.4, 0.5) is 4.79 Å². The van der Waals surface area contributed by atoms with Crippen LogP contribution in [-0.2, 0) is 9.53 Å². The Morgan fingerprint density at radius 2 is 2.22 bits per heavy atom. The molecule has 1 unspecified atom stereocenters. The third kappa shape index (κ3) is 6.71. The molecule has 3 amide bonds. The van der Waals surface area contributed by atoms with E-state index >= 15 is 0 Å². The standard InChI is InChI=1S/C19H27N3O4S/c1-14(16-4-2-5-17(10-16)26-12-15-6-7-15)21-27-9-3-8-25-13-22-11-18(23)20-19(22)24/h2,4-5,10,14-15,21H,3,6-9,11-13H2,1H3,(H,20,23,24). The Bertz CT molecular complexity index is 654. The predicted octanol–water partition coefficient (Wildman–Crippen LogP) is 2.69. The van der Waals surface area contributed by atoms with Crippen molar-refractivity contribution in [3.63, 3.8) is 0 Å². The van der Waals surface area contributed by atoms with Crippen LogP contribution in [0.25, 0.3) is 0 Å². The Balaban J connectivity index is 1.26. The number of benzene rings is 1. The minimum atomic E-state index is -0.381. The van der Waals surface area contributed by atoms with Gasteiger partial charge in [-0.2, -0.15) is 0 Å². The molecule has 7 nitrogen and oxygen atoms in total. The van der Waals surface area contributed by atoms with Crippen molar-refractivity contribution in [1.29, 1.82) is 0 Å². The molecular weight excluding hydrogens is 366 g/mol. The first kappa shape index (κ1) is 20.0. The maximum Gasteiger partial charge on any atom is 0.326 e. The largest absolute Gasteiger partial charge is 0.493 e. The van der Waals surface area contributed by atoms with Crippen LogP contribution in [0.5, 0.6) is 5.75 Å². The molecule has 0 radical (unpaired) electrons. The van der Waals surface area contributed by atoms with Gasteiger partial charge in [-0.15, -0.1) is 0 Å². The molecule has 1 aliphatic carbocycles. The van der Waals surface area contributed by atoms with Gasteiger partial charge in [0.2, 0.25) is 5.91 Å². The van der Waals surface area contributed by atoms with E-state index in [1.165, 1.54) is 23.3 Å². The second kappa shape index (κ2) is 9.96. The van der Waals surface area contributed by atoms with Crippen LogP contribution >= 0.6 is 11.9 Å². The second-order valence-corrected chi connectivity index (χ2v) is 7.89. The van der Waals surface area contributed by atoms with Crippen LogP contribution in [0.2, 0.25) is 0 Å². The predicted molar refractivity (Wildman–Crippen MR) is 104 cm³/mol. The summed E-state index contributed by atoms with van der Waals surface area (Å²) in [4.78, 5) is 23.8. The number of carbonyl (C=O) groups is 2. The van der Waals surface area contributed by atoms with E-state index in [0.29, 0.717) is 6.61 Å². The molecule has 27 heavy (non-hydrogen) atoms. The lowest BCUT2D eigenvalue weighted by atomic mass is 10.1. The third-order valence-electron chi connectivity index (χ3n) is 4.45. The fourth-order valence-electron chi connectivity index (χ4n) is 2.62. The number of amides is 3. The van der Waals surface area contributed by atoms with Crippen LogP contribution in [-0.4, -0.2) is 49.1 Å². The Morgan fingerprint density at radius 3 is 2.96 bits per heavy atom. The summed E-state index contributed by atoms with van der Waals surface area (Å²) in [5, 5.41) is 2.22. The Kier molecular flexibility index (Phi) is 7.37. The summed E-state index contributed by atoms with van der Waals surface area (Å²) in [6.07, 6.45) is 3.45. The number of nitrogens with one attached hydrogen (secondary N) is 2. The zero-order valence-electron chi connectivity index (χ0n) is 15.6. The van der Waals surface area contributed by atoms with E-state index in [-0.39, 0.29) is 31.3 Å². The molecule has 1 atom stereocenters. The van der Waals surface area contributed by atoms with E-state index in [9.17, 15) is 9.59 Å². The van der Waals surface area contributed by atoms with Gasteiger partial charge in [-0.1, -0.05) is 24.1 Å². The lowest BCUT2D eigenvalue weighted by molar-refractivity contribution is -0.118. The van der Waals surface area contributed by atoms with Crippen molar-refractivity contribution in [1.82, 2.24) is 14.9 Å². The lowest BCUT2D eigenvalue weighted by Crippen LogP contribution is -2.30. The van der Waals surface area contributed by atoms with Crippen LogP contribution < -0.4 is 14.8 Å². The van der Waals surface area contributed by atoms with Gasteiger partial charge in [-0.05, 0) is 49.8 Å². The third-order valence-corrected chi connectivity index (χ3v) is 5.46. The molecule has 3 rings (SSSR count). The van der Waals surface area contributed by atoms with Crippen LogP contribution in [0.15, 0.2) is 24.3 Å². The molecule has 1 aromatic rings. The average Bonchev–Trinajstić information content (AvgIpc) is 3.43. The first-order valence-corrected chi connectivity index (χ1v) is 10.4. The number of urea groups is 1. The lowest BCUT2D eigenvalue weighted by Gasteiger charge is -2.15. The molecule has 2 N–H and O–H groups in total. The van der Waals surface area contributed by atoms with E-state index in [4.69, 9.17) is 9.47 Å². The molecular formula is C19H27N3O4S. The van der Waals surface area contributed by atoms with Crippen LogP contribution in [0.1, 0.15) is 37.8 Å². The summed E-state index contributed by atoms with van der Waals surface area (Å²) in [6.45, 7) is 3.74. The van der Waals surface area contributed by atoms with Gasteiger partial charge >= 0.3 is 6.03 Å². The summed E-state index contributed by atoms with van der Waals surface area (Å²) in [7, 11) is 0. The van der Waals surface area contributed by atoms with Crippen molar-refractivity contribution in [3.05, 3.63) is 29.8 Å². The molecule has 0 aromatic heterocycles. The van der Waals surface area contributed by atoms with Crippen molar-refractivity contribution in [3.8, 4) is 5.75 Å². The number of imide groups is 1. The maximum atomic E-state index is 11.4. The number of ether oxygens (including phenoxy) is 2. The minimum Gasteiger partial charge on any atom is -0.493 e. The maximum absolute atomic E-state index is 11.4. The topological polar surface area (TPSA) is 79.9 Å². The molecule has 1 aromatic carbocycles. The monoisotopic (exact) mass is 393 g/mol. The van der Waals surface area contributed by atoms with Gasteiger partial charge in [0, 0.05) is 18.4 Å². The highest BCUT2D eigenvalue weighted by Crippen LogP contribution is 2.30. The van der Waals surface area contributed by atoms with Crippen molar-refractivity contribution >= 4 is 23.9 Å². The number of nitrogens with zero attached hydrogens (tertiary/aromatic N) is 1. The number of hydrogen-bond acceptors (Lipinski definition) is 6. The van der Waals surface area contributed by atoms with Crippen LogP contribution in [0.3, 0.4) is 0 Å². The SMILES string of the molecule is CC(NSCCCOCN1CC(=O)NC1=O)c1cccc(OCC2CC2)c1. The molecule has 8 heteroatoms. The summed E-state index contributed by atoms with van der Waals surface area (Å²) in [5.74, 6) is 2.31. The molecule has 0 bridgehead atoms. The van der Waals surface area contributed by atoms with Crippen LogP contribution in [0, 0.1) is 5.92 Å². The Morgan fingerprint density at radius 1 is 1.37 bits per heavy atom. The fourth-order valence-corrected chi connectivity index (χ4v) is 3.39. The molecule has 2 aliphatic rings. The highest BCUT2D eigenvalue weighted by molar-refractivity contribution is 7.97. The zero-order valence-corrected chi connectivity index (χ0v) is 16.4. The van der Waals surface area contributed by atoms with Gasteiger partial charge in [0.15, 0.2) is 0 Å². The molecule has 0 spiro atoms. The van der Waals surface area contributed by atoms with Gasteiger partial charge in [-0.3, -0.25) is 19.7 Å². The smallest absolute Gasteiger partial charge is 0.326 e. The highest BCUT2D eigenvalue weighted by Gasteiger charge is 2.26. The Labute approximate surface area is 164 Å². The summed E-state index contributed by atoms with van der Waals surface area (Å²) < 4.78 is 14.7. The Hall–Kier alpha value is -1.77. The molecule has 148 valence electrons. The zero-order chi connectivity index (χ0) is 19.1. The number of hydrogen-bond donors (Lipinski definition) is 2. The fraction of sp³-hybridized carbons (Fsp3) is 0.579. The van der Waals surface area contributed by atoms with Gasteiger partial charge in [0.1, 0.15) is 19.0 Å². The van der Waals surface area contributed by atoms with Crippen molar-refractivity contribution < 1.29 is 19.1 Å². The quantitative estimate of drug-likeness (QED) is 0.323.